The molecule has 0 heterocycles. The van der Waals surface area contributed by atoms with Crippen molar-refractivity contribution in [1.29, 1.82) is 0 Å². The number of nitrogens with one attached hydrogen (secondary N) is 1. The third-order valence-electron chi connectivity index (χ3n) is 3.15. The van der Waals surface area contributed by atoms with Crippen LogP contribution < -0.4 is 9.83 Å². The van der Waals surface area contributed by atoms with Crippen LogP contribution in [0.5, 0.6) is 0 Å². The predicted molar refractivity (Wildman–Crippen MR) is 86.1 cm³/mol. The summed E-state index contributed by atoms with van der Waals surface area (Å²) in [4.78, 5) is 10.0. The van der Waals surface area contributed by atoms with Gasteiger partial charge in [-0.25, -0.2) is 17.5 Å². The average Bonchev–Trinajstić information content (AvgIpc) is 2.50. The highest BCUT2D eigenvalue weighted by Crippen LogP contribution is 2.23. The van der Waals surface area contributed by atoms with Gasteiger partial charge in [-0.3, -0.25) is 0 Å². The molecular weight excluding hydrogens is 380 g/mol. The lowest BCUT2D eigenvalue weighted by atomic mass is 10.1. The van der Waals surface area contributed by atoms with Gasteiger partial charge < -0.3 is 9.90 Å². The Morgan fingerprint density at radius 3 is 2.46 bits per heavy atom. The number of sulfonamides is 1. The van der Waals surface area contributed by atoms with E-state index in [1.165, 1.54) is 0 Å². The first-order valence-electron chi connectivity index (χ1n) is 6.65. The molecule has 9 heteroatoms. The lowest BCUT2D eigenvalue weighted by Crippen LogP contribution is -2.28. The summed E-state index contributed by atoms with van der Waals surface area (Å²) < 4.78 is 40.2. The fourth-order valence-electron chi connectivity index (χ4n) is 1.94. The molecule has 0 amide bonds. The van der Waals surface area contributed by atoms with Crippen molar-refractivity contribution in [2.45, 2.75) is 11.3 Å². The smallest absolute Gasteiger partial charge is 0.243 e. The molecule has 0 bridgehead atoms. The number of hydrogen-bond acceptors (Lipinski definition) is 4. The summed E-state index contributed by atoms with van der Waals surface area (Å²) in [6, 6.07) is 7.26. The summed E-state index contributed by atoms with van der Waals surface area (Å²) in [7, 11) is -4.21. The maximum absolute atomic E-state index is 13.7. The predicted octanol–water partition coefficient (Wildman–Crippen LogP) is 2.02. The summed E-state index contributed by atoms with van der Waals surface area (Å²) in [6.07, 6.45) is 0.290. The Balaban J connectivity index is 2.12. The zero-order chi connectivity index (χ0) is 17.9. The Labute approximate surface area is 148 Å². The van der Waals surface area contributed by atoms with E-state index >= 15 is 0 Å². The molecule has 24 heavy (non-hydrogen) atoms. The molecular formula is C15H11Cl2FNO4S-. The van der Waals surface area contributed by atoms with Crippen LogP contribution in [-0.2, 0) is 16.4 Å². The quantitative estimate of drug-likeness (QED) is 0.817. The number of carboxylic acids is 1. The van der Waals surface area contributed by atoms with Crippen LogP contribution in [0.2, 0.25) is 10.0 Å². The zero-order valence-corrected chi connectivity index (χ0v) is 14.4. The molecule has 128 valence electrons. The van der Waals surface area contributed by atoms with E-state index in [0.29, 0.717) is 16.1 Å². The van der Waals surface area contributed by atoms with Crippen molar-refractivity contribution in [3.63, 3.8) is 0 Å². The zero-order valence-electron chi connectivity index (χ0n) is 12.1. The van der Waals surface area contributed by atoms with E-state index in [9.17, 15) is 22.7 Å². The lowest BCUT2D eigenvalue weighted by molar-refractivity contribution is -0.255. The minimum Gasteiger partial charge on any atom is -0.545 e. The van der Waals surface area contributed by atoms with E-state index < -0.39 is 32.3 Å². The molecule has 0 aliphatic rings. The molecule has 2 rings (SSSR count). The van der Waals surface area contributed by atoms with Crippen LogP contribution in [0, 0.1) is 5.82 Å². The van der Waals surface area contributed by atoms with E-state index in [4.69, 9.17) is 23.2 Å². The first-order valence-corrected chi connectivity index (χ1v) is 8.89. The molecule has 0 fully saturated rings. The Hall–Kier alpha value is -1.67. The van der Waals surface area contributed by atoms with Gasteiger partial charge in [-0.15, -0.1) is 0 Å². The second-order valence-corrected chi connectivity index (χ2v) is 7.38. The molecule has 0 aliphatic heterocycles. The minimum absolute atomic E-state index is 0.0325. The van der Waals surface area contributed by atoms with E-state index in [1.807, 2.05) is 0 Å². The van der Waals surface area contributed by atoms with Crippen LogP contribution in [-0.4, -0.2) is 20.9 Å². The average molecular weight is 391 g/mol. The van der Waals surface area contributed by atoms with Gasteiger partial charge in [0, 0.05) is 6.54 Å². The number of aromatic carboxylic acids is 1. The normalized spacial score (nSPS) is 11.5. The van der Waals surface area contributed by atoms with Gasteiger partial charge in [0.05, 0.1) is 16.0 Å². The molecule has 0 radical (unpaired) electrons. The Morgan fingerprint density at radius 2 is 1.83 bits per heavy atom. The third-order valence-corrected chi connectivity index (χ3v) is 5.36. The summed E-state index contributed by atoms with van der Waals surface area (Å²) in [6.45, 7) is -0.0325. The van der Waals surface area contributed by atoms with Crippen molar-refractivity contribution in [1.82, 2.24) is 4.72 Å². The van der Waals surface area contributed by atoms with E-state index in [0.717, 1.165) is 17.7 Å². The van der Waals surface area contributed by atoms with Gasteiger partial charge in [-0.05, 0) is 41.8 Å². The summed E-state index contributed by atoms with van der Waals surface area (Å²) in [5.74, 6) is -2.65. The first kappa shape index (κ1) is 18.7. The molecule has 0 saturated heterocycles. The van der Waals surface area contributed by atoms with Crippen molar-refractivity contribution < 1.29 is 22.7 Å². The first-order chi connectivity index (χ1) is 11.2. The topological polar surface area (TPSA) is 86.3 Å². The van der Waals surface area contributed by atoms with E-state index in [2.05, 4.69) is 4.72 Å². The lowest BCUT2D eigenvalue weighted by Gasteiger charge is -2.10. The van der Waals surface area contributed by atoms with Crippen molar-refractivity contribution in [2.24, 2.45) is 0 Å². The Bertz CT molecular complexity index is 887. The maximum Gasteiger partial charge on any atom is 0.243 e. The number of carbonyl (C=O) groups is 1. The second-order valence-electron chi connectivity index (χ2n) is 4.83. The summed E-state index contributed by atoms with van der Waals surface area (Å²) in [5, 5.41) is 11.5. The highest BCUT2D eigenvalue weighted by atomic mass is 35.5. The highest BCUT2D eigenvalue weighted by Gasteiger charge is 2.19. The van der Waals surface area contributed by atoms with Crippen LogP contribution in [0.15, 0.2) is 41.3 Å². The van der Waals surface area contributed by atoms with Crippen molar-refractivity contribution in [3.8, 4) is 0 Å². The number of benzene rings is 2. The largest absolute Gasteiger partial charge is 0.545 e. The molecule has 0 aliphatic carbocycles. The van der Waals surface area contributed by atoms with Gasteiger partial charge in [0.25, 0.3) is 0 Å². The number of rotatable bonds is 6. The van der Waals surface area contributed by atoms with Crippen molar-refractivity contribution >= 4 is 39.2 Å². The number of carboxylic acid groups (broad SMARTS) is 1. The highest BCUT2D eigenvalue weighted by molar-refractivity contribution is 7.89. The van der Waals surface area contributed by atoms with Crippen LogP contribution in [0.4, 0.5) is 4.39 Å². The van der Waals surface area contributed by atoms with Gasteiger partial charge >= 0.3 is 0 Å². The van der Waals surface area contributed by atoms with Crippen molar-refractivity contribution in [3.05, 3.63) is 63.4 Å². The van der Waals surface area contributed by atoms with Crippen LogP contribution >= 0.6 is 23.2 Å². The molecule has 0 spiro atoms. The van der Waals surface area contributed by atoms with Crippen LogP contribution in [0.25, 0.3) is 0 Å². The second kappa shape index (κ2) is 7.48. The molecule has 0 saturated carbocycles. The van der Waals surface area contributed by atoms with E-state index in [-0.39, 0.29) is 13.0 Å². The van der Waals surface area contributed by atoms with Gasteiger partial charge in [0.1, 0.15) is 10.7 Å². The number of carbonyl (C=O) groups excluding carboxylic acids is 1. The monoisotopic (exact) mass is 390 g/mol. The Morgan fingerprint density at radius 1 is 1.12 bits per heavy atom. The summed E-state index contributed by atoms with van der Waals surface area (Å²) in [5.41, 5.74) is 0.303. The number of halogens is 3. The molecule has 5 nitrogen and oxygen atoms in total. The Kier molecular flexibility index (Phi) is 5.82. The third kappa shape index (κ3) is 4.45. The van der Waals surface area contributed by atoms with Crippen molar-refractivity contribution in [2.75, 3.05) is 6.54 Å². The van der Waals surface area contributed by atoms with Gasteiger partial charge in [-0.2, -0.15) is 0 Å². The summed E-state index contributed by atoms with van der Waals surface area (Å²) >= 11 is 11.7. The minimum atomic E-state index is -4.21. The molecule has 0 atom stereocenters. The molecule has 2 aromatic carbocycles. The maximum atomic E-state index is 13.7. The fourth-order valence-corrected chi connectivity index (χ4v) is 3.39. The van der Waals surface area contributed by atoms with Gasteiger partial charge in [0.2, 0.25) is 10.0 Å². The van der Waals surface area contributed by atoms with E-state index in [1.54, 1.807) is 18.2 Å². The molecule has 0 aromatic heterocycles. The standard InChI is InChI=1S/C15H12Cl2FNO4S/c16-11-3-1-9(7-12(11)17)5-6-19-24(22,23)14-8-10(15(20)21)2-4-13(14)18/h1-4,7-8,19H,5-6H2,(H,20,21)/p-1. The van der Waals surface area contributed by atoms with Crippen LogP contribution in [0.3, 0.4) is 0 Å². The number of hydrogen-bond donors (Lipinski definition) is 1. The fraction of sp³-hybridized carbons (Fsp3) is 0.133. The SMILES string of the molecule is O=C([O-])c1ccc(F)c(S(=O)(=O)NCCc2ccc(Cl)c(Cl)c2)c1. The molecule has 0 unspecified atom stereocenters. The van der Waals surface area contributed by atoms with Gasteiger partial charge in [0.15, 0.2) is 0 Å². The molecule has 1 N–H and O–H groups in total. The molecule has 2 aromatic rings. The van der Waals surface area contributed by atoms with Crippen LogP contribution in [0.1, 0.15) is 15.9 Å². The van der Waals surface area contributed by atoms with Gasteiger partial charge in [-0.1, -0.05) is 35.3 Å².